The summed E-state index contributed by atoms with van der Waals surface area (Å²) >= 11 is 0. The Morgan fingerprint density at radius 3 is 2.17 bits per heavy atom. The summed E-state index contributed by atoms with van der Waals surface area (Å²) in [5.41, 5.74) is 7.74. The molecule has 188 valence electrons. The molecule has 3 N–H and O–H groups in total. The zero-order chi connectivity index (χ0) is 25.6. The van der Waals surface area contributed by atoms with Gasteiger partial charge in [0.2, 0.25) is 5.91 Å². The Balaban J connectivity index is 1.70. The number of likely N-dealkylation sites (tertiary alicyclic amines) is 1. The minimum Gasteiger partial charge on any atom is -0.478 e. The second kappa shape index (κ2) is 11.4. The van der Waals surface area contributed by atoms with Crippen molar-refractivity contribution < 1.29 is 24.2 Å². The summed E-state index contributed by atoms with van der Waals surface area (Å²) in [7, 11) is 0. The first-order valence-corrected chi connectivity index (χ1v) is 11.9. The van der Waals surface area contributed by atoms with Crippen molar-refractivity contribution in [3.63, 3.8) is 0 Å². The molecule has 0 saturated carbocycles. The Kier molecular flexibility index (Phi) is 8.51. The molecule has 0 aromatic heterocycles. The van der Waals surface area contributed by atoms with Crippen LogP contribution >= 0.6 is 0 Å². The highest BCUT2D eigenvalue weighted by atomic mass is 16.6. The SMILES string of the molecule is CC(C)(C)[C@H](N)C(=O)N1CCC(N(Cc2ccc(C(=O)O)cc2)C(=O)OCc2ccccc2)CC1. The number of aromatic carboxylic acids is 1. The number of carboxylic acid groups (broad SMARTS) is 1. The number of benzene rings is 2. The molecule has 0 bridgehead atoms. The molecule has 2 amide bonds. The van der Waals surface area contributed by atoms with Crippen molar-refractivity contribution >= 4 is 18.0 Å². The van der Waals surface area contributed by atoms with E-state index in [-0.39, 0.29) is 36.1 Å². The predicted molar refractivity (Wildman–Crippen MR) is 133 cm³/mol. The van der Waals surface area contributed by atoms with Gasteiger partial charge in [0, 0.05) is 25.7 Å². The van der Waals surface area contributed by atoms with Gasteiger partial charge in [-0.15, -0.1) is 0 Å². The molecule has 0 aliphatic carbocycles. The lowest BCUT2D eigenvalue weighted by molar-refractivity contribution is -0.136. The molecule has 1 fully saturated rings. The minimum atomic E-state index is -0.999. The monoisotopic (exact) mass is 481 g/mol. The fourth-order valence-corrected chi connectivity index (χ4v) is 4.06. The van der Waals surface area contributed by atoms with E-state index in [0.29, 0.717) is 25.9 Å². The molecule has 2 aromatic carbocycles. The summed E-state index contributed by atoms with van der Waals surface area (Å²) in [6.45, 7) is 7.30. The Bertz CT molecular complexity index is 1010. The number of piperidine rings is 1. The van der Waals surface area contributed by atoms with Gasteiger partial charge in [-0.2, -0.15) is 0 Å². The van der Waals surface area contributed by atoms with Crippen molar-refractivity contribution in [1.82, 2.24) is 9.80 Å². The molecule has 2 aromatic rings. The van der Waals surface area contributed by atoms with Crippen LogP contribution in [0.15, 0.2) is 54.6 Å². The minimum absolute atomic E-state index is 0.0709. The van der Waals surface area contributed by atoms with Crippen LogP contribution in [0.5, 0.6) is 0 Å². The van der Waals surface area contributed by atoms with Gasteiger partial charge in [0.25, 0.3) is 0 Å². The average Bonchev–Trinajstić information content (AvgIpc) is 2.85. The maximum atomic E-state index is 13.2. The Morgan fingerprint density at radius 1 is 1.03 bits per heavy atom. The summed E-state index contributed by atoms with van der Waals surface area (Å²) in [6, 6.07) is 15.2. The second-order valence-corrected chi connectivity index (χ2v) is 10.1. The van der Waals surface area contributed by atoms with Gasteiger partial charge in [-0.05, 0) is 41.5 Å². The van der Waals surface area contributed by atoms with E-state index in [1.54, 1.807) is 21.9 Å². The zero-order valence-corrected chi connectivity index (χ0v) is 20.6. The zero-order valence-electron chi connectivity index (χ0n) is 20.6. The molecule has 1 heterocycles. The fourth-order valence-electron chi connectivity index (χ4n) is 4.06. The maximum Gasteiger partial charge on any atom is 0.410 e. The van der Waals surface area contributed by atoms with Crippen molar-refractivity contribution in [2.45, 2.75) is 58.8 Å². The van der Waals surface area contributed by atoms with E-state index in [4.69, 9.17) is 15.6 Å². The van der Waals surface area contributed by atoms with Gasteiger partial charge >= 0.3 is 12.1 Å². The summed E-state index contributed by atoms with van der Waals surface area (Å²) in [4.78, 5) is 40.6. The number of hydrogen-bond acceptors (Lipinski definition) is 5. The Morgan fingerprint density at radius 2 is 1.63 bits per heavy atom. The van der Waals surface area contributed by atoms with Gasteiger partial charge in [0.1, 0.15) is 6.61 Å². The smallest absolute Gasteiger partial charge is 0.410 e. The number of hydrogen-bond donors (Lipinski definition) is 2. The Hall–Kier alpha value is -3.39. The van der Waals surface area contributed by atoms with Gasteiger partial charge in [-0.1, -0.05) is 63.2 Å². The maximum absolute atomic E-state index is 13.2. The molecule has 0 spiro atoms. The van der Waals surface area contributed by atoms with Crippen molar-refractivity contribution in [1.29, 1.82) is 0 Å². The highest BCUT2D eigenvalue weighted by Crippen LogP contribution is 2.24. The summed E-state index contributed by atoms with van der Waals surface area (Å²) < 4.78 is 5.63. The van der Waals surface area contributed by atoms with E-state index < -0.39 is 18.1 Å². The molecule has 1 atom stereocenters. The van der Waals surface area contributed by atoms with Crippen LogP contribution in [0.1, 0.15) is 55.1 Å². The highest BCUT2D eigenvalue weighted by molar-refractivity contribution is 5.87. The van der Waals surface area contributed by atoms with Crippen LogP contribution in [0.2, 0.25) is 0 Å². The van der Waals surface area contributed by atoms with Crippen LogP contribution in [0, 0.1) is 5.41 Å². The molecule has 1 saturated heterocycles. The molecule has 8 nitrogen and oxygen atoms in total. The van der Waals surface area contributed by atoms with Gasteiger partial charge in [0.15, 0.2) is 0 Å². The normalized spacial score (nSPS) is 15.4. The standard InChI is InChI=1S/C27H35N3O5/c1-27(2,3)23(28)24(31)29-15-13-22(14-16-29)30(17-19-9-11-21(12-10-19)25(32)33)26(34)35-18-20-7-5-4-6-8-20/h4-12,22-23H,13-18,28H2,1-3H3,(H,32,33)/t23-/m1/s1. The number of amides is 2. The number of carbonyl (C=O) groups excluding carboxylic acids is 2. The van der Waals surface area contributed by atoms with Gasteiger partial charge in [0.05, 0.1) is 11.6 Å². The molecule has 1 aliphatic heterocycles. The third kappa shape index (κ3) is 7.05. The largest absolute Gasteiger partial charge is 0.478 e. The molecule has 8 heteroatoms. The van der Waals surface area contributed by atoms with Gasteiger partial charge < -0.3 is 25.4 Å². The second-order valence-electron chi connectivity index (χ2n) is 10.1. The van der Waals surface area contributed by atoms with Crippen LogP contribution < -0.4 is 5.73 Å². The van der Waals surface area contributed by atoms with Crippen LogP contribution in [0.3, 0.4) is 0 Å². The first-order valence-electron chi connectivity index (χ1n) is 11.9. The average molecular weight is 482 g/mol. The van der Waals surface area contributed by atoms with E-state index in [2.05, 4.69) is 0 Å². The lowest BCUT2D eigenvalue weighted by Crippen LogP contribution is -2.54. The number of rotatable bonds is 7. The van der Waals surface area contributed by atoms with E-state index in [0.717, 1.165) is 11.1 Å². The number of ether oxygens (including phenoxy) is 1. The fraction of sp³-hybridized carbons (Fsp3) is 0.444. The summed E-state index contributed by atoms with van der Waals surface area (Å²) in [5, 5.41) is 9.16. The third-order valence-corrected chi connectivity index (χ3v) is 6.41. The molecule has 3 rings (SSSR count). The quantitative estimate of drug-likeness (QED) is 0.620. The van der Waals surface area contributed by atoms with Crippen LogP contribution in [-0.2, 0) is 22.7 Å². The number of carbonyl (C=O) groups is 3. The molecular formula is C27H35N3O5. The first kappa shape index (κ1) is 26.2. The lowest BCUT2D eigenvalue weighted by atomic mass is 9.86. The number of carboxylic acids is 1. The third-order valence-electron chi connectivity index (χ3n) is 6.41. The van der Waals surface area contributed by atoms with Gasteiger partial charge in [-0.3, -0.25) is 4.79 Å². The van der Waals surface area contributed by atoms with E-state index in [1.165, 1.54) is 12.1 Å². The van der Waals surface area contributed by atoms with Crippen LogP contribution in [0.25, 0.3) is 0 Å². The van der Waals surface area contributed by atoms with E-state index >= 15 is 0 Å². The molecular weight excluding hydrogens is 446 g/mol. The van der Waals surface area contributed by atoms with Crippen LogP contribution in [0.4, 0.5) is 4.79 Å². The predicted octanol–water partition coefficient (Wildman–Crippen LogP) is 3.89. The van der Waals surface area contributed by atoms with Crippen molar-refractivity contribution in [2.24, 2.45) is 11.1 Å². The van der Waals surface area contributed by atoms with Crippen LogP contribution in [-0.4, -0.2) is 58.0 Å². The molecule has 0 unspecified atom stereocenters. The topological polar surface area (TPSA) is 113 Å². The molecule has 0 radical (unpaired) electrons. The highest BCUT2D eigenvalue weighted by Gasteiger charge is 2.35. The first-order chi connectivity index (χ1) is 16.6. The summed E-state index contributed by atoms with van der Waals surface area (Å²) in [5.74, 6) is -1.07. The lowest BCUT2D eigenvalue weighted by Gasteiger charge is -2.40. The number of nitrogens with zero attached hydrogens (tertiary/aromatic N) is 2. The van der Waals surface area contributed by atoms with Gasteiger partial charge in [-0.25, -0.2) is 9.59 Å². The number of nitrogens with two attached hydrogens (primary N) is 1. The van der Waals surface area contributed by atoms with E-state index in [9.17, 15) is 14.4 Å². The Labute approximate surface area is 206 Å². The summed E-state index contributed by atoms with van der Waals surface area (Å²) in [6.07, 6.45) is 0.777. The van der Waals surface area contributed by atoms with Crippen molar-refractivity contribution in [2.75, 3.05) is 13.1 Å². The molecule has 35 heavy (non-hydrogen) atoms. The van der Waals surface area contributed by atoms with Crippen molar-refractivity contribution in [3.05, 3.63) is 71.3 Å². The van der Waals surface area contributed by atoms with E-state index in [1.807, 2.05) is 51.1 Å². The van der Waals surface area contributed by atoms with Crippen molar-refractivity contribution in [3.8, 4) is 0 Å². The molecule has 1 aliphatic rings.